The first kappa shape index (κ1) is 15.3. The fraction of sp³-hybridized carbons (Fsp3) is 0.500. The van der Waals surface area contributed by atoms with E-state index in [2.05, 4.69) is 0 Å². The van der Waals surface area contributed by atoms with Crippen LogP contribution in [0.4, 0.5) is 0 Å². The number of carbonyl (C=O) groups is 1. The van der Waals surface area contributed by atoms with Crippen LogP contribution in [0.1, 0.15) is 19.4 Å². The monoisotopic (exact) mass is 267 g/mol. The molecule has 106 valence electrons. The molecule has 1 unspecified atom stereocenters. The Morgan fingerprint density at radius 2 is 2.11 bits per heavy atom. The predicted octanol–water partition coefficient (Wildman–Crippen LogP) is 1.47. The molecule has 5 nitrogen and oxygen atoms in total. The largest absolute Gasteiger partial charge is 0.504 e. The number of hydrogen-bond donors (Lipinski definition) is 2. The Morgan fingerprint density at radius 1 is 1.37 bits per heavy atom. The van der Waals surface area contributed by atoms with Crippen LogP contribution >= 0.6 is 0 Å². The SMILES string of the molecule is CCOC(=O)C(CN)Cc1ccc(O)c(OCC)c1. The number of phenols is 1. The van der Waals surface area contributed by atoms with E-state index >= 15 is 0 Å². The minimum absolute atomic E-state index is 0.0889. The third kappa shape index (κ3) is 4.44. The van der Waals surface area contributed by atoms with E-state index in [0.717, 1.165) is 5.56 Å². The van der Waals surface area contributed by atoms with Crippen molar-refractivity contribution >= 4 is 5.97 Å². The highest BCUT2D eigenvalue weighted by molar-refractivity contribution is 5.73. The summed E-state index contributed by atoms with van der Waals surface area (Å²) in [4.78, 5) is 11.7. The van der Waals surface area contributed by atoms with Gasteiger partial charge in [-0.15, -0.1) is 0 Å². The lowest BCUT2D eigenvalue weighted by Crippen LogP contribution is -2.27. The van der Waals surface area contributed by atoms with Gasteiger partial charge in [-0.05, 0) is 38.0 Å². The average Bonchev–Trinajstić information content (AvgIpc) is 2.40. The fourth-order valence-electron chi connectivity index (χ4n) is 1.76. The molecule has 0 fully saturated rings. The first-order valence-corrected chi connectivity index (χ1v) is 6.43. The molecular formula is C14H21NO4. The van der Waals surface area contributed by atoms with Gasteiger partial charge in [-0.3, -0.25) is 4.79 Å². The molecule has 0 saturated carbocycles. The van der Waals surface area contributed by atoms with Gasteiger partial charge >= 0.3 is 5.97 Å². The van der Waals surface area contributed by atoms with E-state index in [1.54, 1.807) is 25.1 Å². The normalized spacial score (nSPS) is 11.9. The molecule has 0 aromatic heterocycles. The zero-order valence-electron chi connectivity index (χ0n) is 11.4. The molecule has 0 aliphatic carbocycles. The Hall–Kier alpha value is -1.75. The molecule has 0 radical (unpaired) electrons. The van der Waals surface area contributed by atoms with E-state index in [-0.39, 0.29) is 24.2 Å². The first-order chi connectivity index (χ1) is 9.12. The van der Waals surface area contributed by atoms with E-state index in [1.807, 2.05) is 6.92 Å². The van der Waals surface area contributed by atoms with Crippen molar-refractivity contribution in [2.45, 2.75) is 20.3 Å². The molecule has 0 heterocycles. The van der Waals surface area contributed by atoms with Crippen molar-refractivity contribution in [1.29, 1.82) is 0 Å². The lowest BCUT2D eigenvalue weighted by Gasteiger charge is -2.14. The van der Waals surface area contributed by atoms with Crippen LogP contribution in [0, 0.1) is 5.92 Å². The van der Waals surface area contributed by atoms with Gasteiger partial charge in [-0.2, -0.15) is 0 Å². The lowest BCUT2D eigenvalue weighted by atomic mass is 9.99. The molecule has 5 heteroatoms. The number of nitrogens with two attached hydrogens (primary N) is 1. The molecule has 0 amide bonds. The van der Waals surface area contributed by atoms with Crippen LogP contribution in [0.2, 0.25) is 0 Å². The minimum atomic E-state index is -0.376. The van der Waals surface area contributed by atoms with Gasteiger partial charge in [-0.1, -0.05) is 6.07 Å². The summed E-state index contributed by atoms with van der Waals surface area (Å²) >= 11 is 0. The van der Waals surface area contributed by atoms with Crippen molar-refractivity contribution in [1.82, 2.24) is 0 Å². The van der Waals surface area contributed by atoms with Crippen LogP contribution in [0.3, 0.4) is 0 Å². The van der Waals surface area contributed by atoms with Crippen LogP contribution in [0.5, 0.6) is 11.5 Å². The number of rotatable bonds is 7. The topological polar surface area (TPSA) is 81.8 Å². The summed E-state index contributed by atoms with van der Waals surface area (Å²) in [6.45, 7) is 4.64. The van der Waals surface area contributed by atoms with Gasteiger partial charge in [0.1, 0.15) is 0 Å². The first-order valence-electron chi connectivity index (χ1n) is 6.43. The molecule has 19 heavy (non-hydrogen) atoms. The molecule has 0 saturated heterocycles. The Labute approximate surface area is 113 Å². The van der Waals surface area contributed by atoms with Crippen LogP contribution in [-0.4, -0.2) is 30.8 Å². The molecule has 3 N–H and O–H groups in total. The number of aromatic hydroxyl groups is 1. The zero-order valence-corrected chi connectivity index (χ0v) is 11.4. The van der Waals surface area contributed by atoms with Crippen molar-refractivity contribution in [2.24, 2.45) is 11.7 Å². The summed E-state index contributed by atoms with van der Waals surface area (Å²) in [6.07, 6.45) is 0.468. The van der Waals surface area contributed by atoms with Crippen molar-refractivity contribution in [3.05, 3.63) is 23.8 Å². The predicted molar refractivity (Wildman–Crippen MR) is 72.2 cm³/mol. The minimum Gasteiger partial charge on any atom is -0.504 e. The summed E-state index contributed by atoms with van der Waals surface area (Å²) in [5, 5.41) is 9.61. The Bertz CT molecular complexity index is 420. The highest BCUT2D eigenvalue weighted by atomic mass is 16.5. The summed E-state index contributed by atoms with van der Waals surface area (Å²) < 4.78 is 10.3. The average molecular weight is 267 g/mol. The van der Waals surface area contributed by atoms with Crippen LogP contribution in [0.15, 0.2) is 18.2 Å². The second-order valence-corrected chi connectivity index (χ2v) is 4.12. The third-order valence-electron chi connectivity index (χ3n) is 2.71. The smallest absolute Gasteiger partial charge is 0.310 e. The van der Waals surface area contributed by atoms with Gasteiger partial charge in [0.2, 0.25) is 0 Å². The Morgan fingerprint density at radius 3 is 2.68 bits per heavy atom. The fourth-order valence-corrected chi connectivity index (χ4v) is 1.76. The van der Waals surface area contributed by atoms with Crippen LogP contribution in [-0.2, 0) is 16.0 Å². The second kappa shape index (κ2) is 7.63. The maximum atomic E-state index is 11.7. The number of hydrogen-bond acceptors (Lipinski definition) is 5. The van der Waals surface area contributed by atoms with Gasteiger partial charge in [0, 0.05) is 6.54 Å². The van der Waals surface area contributed by atoms with Crippen molar-refractivity contribution < 1.29 is 19.4 Å². The van der Waals surface area contributed by atoms with Crippen LogP contribution in [0.25, 0.3) is 0 Å². The molecular weight excluding hydrogens is 246 g/mol. The summed E-state index contributed by atoms with van der Waals surface area (Å²) in [5.74, 6) is -0.166. The number of phenolic OH excluding ortho intramolecular Hbond substituents is 1. The molecule has 0 bridgehead atoms. The van der Waals surface area contributed by atoms with Crippen molar-refractivity contribution in [2.75, 3.05) is 19.8 Å². The van der Waals surface area contributed by atoms with Crippen molar-refractivity contribution in [3.63, 3.8) is 0 Å². The van der Waals surface area contributed by atoms with Gasteiger partial charge in [-0.25, -0.2) is 0 Å². The van der Waals surface area contributed by atoms with E-state index in [4.69, 9.17) is 15.2 Å². The summed E-state index contributed by atoms with van der Waals surface area (Å²) in [5.41, 5.74) is 6.48. The van der Waals surface area contributed by atoms with E-state index in [1.165, 1.54) is 0 Å². The van der Waals surface area contributed by atoms with Gasteiger partial charge < -0.3 is 20.3 Å². The standard InChI is InChI=1S/C14H21NO4/c1-3-18-13-8-10(5-6-12(13)16)7-11(9-15)14(17)19-4-2/h5-6,8,11,16H,3-4,7,9,15H2,1-2H3. The molecule has 1 aromatic rings. The van der Waals surface area contributed by atoms with E-state index in [0.29, 0.717) is 25.4 Å². The molecule has 1 rings (SSSR count). The molecule has 0 aliphatic heterocycles. The molecule has 1 atom stereocenters. The zero-order chi connectivity index (χ0) is 14.3. The number of carbonyl (C=O) groups excluding carboxylic acids is 1. The third-order valence-corrected chi connectivity index (χ3v) is 2.71. The van der Waals surface area contributed by atoms with Gasteiger partial charge in [0.05, 0.1) is 19.1 Å². The number of esters is 1. The molecule has 0 aliphatic rings. The maximum Gasteiger partial charge on any atom is 0.310 e. The quantitative estimate of drug-likeness (QED) is 0.731. The van der Waals surface area contributed by atoms with Crippen LogP contribution < -0.4 is 10.5 Å². The second-order valence-electron chi connectivity index (χ2n) is 4.12. The van der Waals surface area contributed by atoms with E-state index in [9.17, 15) is 9.90 Å². The van der Waals surface area contributed by atoms with E-state index < -0.39 is 0 Å². The highest BCUT2D eigenvalue weighted by Crippen LogP contribution is 2.27. The molecule has 1 aromatic carbocycles. The lowest BCUT2D eigenvalue weighted by molar-refractivity contribution is -0.147. The molecule has 0 spiro atoms. The number of ether oxygens (including phenoxy) is 2. The van der Waals surface area contributed by atoms with Gasteiger partial charge in [0.25, 0.3) is 0 Å². The highest BCUT2D eigenvalue weighted by Gasteiger charge is 2.19. The number of benzene rings is 1. The maximum absolute atomic E-state index is 11.7. The Balaban J connectivity index is 2.79. The van der Waals surface area contributed by atoms with Gasteiger partial charge in [0.15, 0.2) is 11.5 Å². The summed E-state index contributed by atoms with van der Waals surface area (Å²) in [6, 6.07) is 5.03. The summed E-state index contributed by atoms with van der Waals surface area (Å²) in [7, 11) is 0. The van der Waals surface area contributed by atoms with Crippen molar-refractivity contribution in [3.8, 4) is 11.5 Å². The Kier molecular flexibility index (Phi) is 6.15.